The molecule has 1 aliphatic rings. The summed E-state index contributed by atoms with van der Waals surface area (Å²) in [5, 5.41) is 0.244. The number of rotatable bonds is 6. The number of hydrogen-bond donors (Lipinski definition) is 1. The topological polar surface area (TPSA) is 38.5 Å². The lowest BCUT2D eigenvalue weighted by molar-refractivity contribution is 0.00562. The lowest BCUT2D eigenvalue weighted by Gasteiger charge is -2.32. The van der Waals surface area contributed by atoms with Crippen LogP contribution in [0.1, 0.15) is 24.8 Å². The molecule has 0 aromatic heterocycles. The summed E-state index contributed by atoms with van der Waals surface area (Å²) in [4.78, 5) is 2.30. The van der Waals surface area contributed by atoms with Gasteiger partial charge in [-0.15, -0.1) is 0 Å². The molecule has 0 radical (unpaired) electrons. The van der Waals surface area contributed by atoms with Crippen molar-refractivity contribution in [2.75, 3.05) is 26.2 Å². The molecule has 5 heteroatoms. The van der Waals surface area contributed by atoms with Crippen LogP contribution in [0.3, 0.4) is 0 Å². The quantitative estimate of drug-likeness (QED) is 0.821. The Labute approximate surface area is 124 Å². The number of benzene rings is 1. The van der Waals surface area contributed by atoms with Gasteiger partial charge in [-0.3, -0.25) is 4.90 Å². The van der Waals surface area contributed by atoms with Crippen LogP contribution in [0.5, 0.6) is 0 Å². The molecule has 3 nitrogen and oxygen atoms in total. The van der Waals surface area contributed by atoms with E-state index in [1.54, 1.807) is 6.07 Å². The molecule has 0 aliphatic carbocycles. The maximum Gasteiger partial charge on any atom is 0.142 e. The molecule has 0 saturated carbocycles. The van der Waals surface area contributed by atoms with Gasteiger partial charge in [0.1, 0.15) is 5.82 Å². The van der Waals surface area contributed by atoms with Crippen molar-refractivity contribution < 1.29 is 9.13 Å². The molecule has 0 unspecified atom stereocenters. The van der Waals surface area contributed by atoms with Gasteiger partial charge in [0.2, 0.25) is 0 Å². The third kappa shape index (κ3) is 4.42. The Morgan fingerprint density at radius 3 is 2.80 bits per heavy atom. The highest BCUT2D eigenvalue weighted by atomic mass is 35.5. The van der Waals surface area contributed by atoms with Crippen molar-refractivity contribution in [2.24, 2.45) is 5.73 Å². The van der Waals surface area contributed by atoms with Gasteiger partial charge in [-0.05, 0) is 37.4 Å². The van der Waals surface area contributed by atoms with Gasteiger partial charge >= 0.3 is 0 Å². The van der Waals surface area contributed by atoms with Crippen molar-refractivity contribution in [1.82, 2.24) is 4.90 Å². The summed E-state index contributed by atoms with van der Waals surface area (Å²) < 4.78 is 19.2. The van der Waals surface area contributed by atoms with Gasteiger partial charge in [0.25, 0.3) is 0 Å². The van der Waals surface area contributed by atoms with Crippen LogP contribution in [-0.2, 0) is 11.3 Å². The van der Waals surface area contributed by atoms with E-state index in [2.05, 4.69) is 4.90 Å². The largest absolute Gasteiger partial charge is 0.378 e. The lowest BCUT2D eigenvalue weighted by Crippen LogP contribution is -2.36. The molecule has 0 amide bonds. The van der Waals surface area contributed by atoms with E-state index in [-0.39, 0.29) is 10.8 Å². The van der Waals surface area contributed by atoms with E-state index < -0.39 is 0 Å². The van der Waals surface area contributed by atoms with Gasteiger partial charge in [-0.2, -0.15) is 0 Å². The highest BCUT2D eigenvalue weighted by Crippen LogP contribution is 2.23. The summed E-state index contributed by atoms with van der Waals surface area (Å²) in [6, 6.07) is 4.98. The maximum absolute atomic E-state index is 13.4. The summed E-state index contributed by atoms with van der Waals surface area (Å²) in [7, 11) is 0. The smallest absolute Gasteiger partial charge is 0.142 e. The van der Waals surface area contributed by atoms with Gasteiger partial charge in [0.15, 0.2) is 0 Å². The first kappa shape index (κ1) is 15.7. The van der Waals surface area contributed by atoms with Crippen LogP contribution in [0.25, 0.3) is 0 Å². The molecule has 1 heterocycles. The van der Waals surface area contributed by atoms with E-state index in [9.17, 15) is 4.39 Å². The van der Waals surface area contributed by atoms with Crippen LogP contribution in [0.4, 0.5) is 4.39 Å². The fraction of sp³-hybridized carbons (Fsp3) is 0.600. The van der Waals surface area contributed by atoms with Gasteiger partial charge in [-0.25, -0.2) is 4.39 Å². The number of likely N-dealkylation sites (tertiary alicyclic amines) is 1. The number of halogens is 2. The molecule has 112 valence electrons. The molecule has 1 fully saturated rings. The van der Waals surface area contributed by atoms with Gasteiger partial charge in [0, 0.05) is 26.2 Å². The second kappa shape index (κ2) is 7.93. The number of ether oxygens (including phenoxy) is 1. The fourth-order valence-corrected chi connectivity index (χ4v) is 2.66. The molecule has 2 rings (SSSR count). The summed E-state index contributed by atoms with van der Waals surface area (Å²) in [5.74, 6) is -0.343. The first-order chi connectivity index (χ1) is 9.70. The molecule has 2 N–H and O–H groups in total. The first-order valence-electron chi connectivity index (χ1n) is 7.17. The van der Waals surface area contributed by atoms with Crippen molar-refractivity contribution in [3.8, 4) is 0 Å². The van der Waals surface area contributed by atoms with Crippen LogP contribution in [0.15, 0.2) is 18.2 Å². The third-order valence-electron chi connectivity index (χ3n) is 3.66. The molecule has 20 heavy (non-hydrogen) atoms. The Kier molecular flexibility index (Phi) is 6.23. The monoisotopic (exact) mass is 300 g/mol. The Bertz CT molecular complexity index is 422. The van der Waals surface area contributed by atoms with E-state index in [0.717, 1.165) is 44.5 Å². The minimum atomic E-state index is -0.343. The summed E-state index contributed by atoms with van der Waals surface area (Å²) in [6.07, 6.45) is 3.27. The maximum atomic E-state index is 13.4. The molecule has 0 spiro atoms. The third-order valence-corrected chi connectivity index (χ3v) is 4.09. The summed E-state index contributed by atoms with van der Waals surface area (Å²) >= 11 is 5.99. The summed E-state index contributed by atoms with van der Waals surface area (Å²) in [5.41, 5.74) is 6.30. The lowest BCUT2D eigenvalue weighted by atomic mass is 10.1. The molecule has 0 bridgehead atoms. The van der Waals surface area contributed by atoms with E-state index in [0.29, 0.717) is 19.2 Å². The van der Waals surface area contributed by atoms with E-state index in [1.165, 1.54) is 6.07 Å². The standard InChI is InChI=1S/C15H22ClFN2O/c16-15-12(3-1-4-14(15)17)11-19-8-5-13(6-9-19)20-10-2-7-18/h1,3-4,13H,2,5-11,18H2. The van der Waals surface area contributed by atoms with E-state index in [4.69, 9.17) is 22.1 Å². The number of hydrogen-bond acceptors (Lipinski definition) is 3. The van der Waals surface area contributed by atoms with Crippen molar-refractivity contribution in [2.45, 2.75) is 31.9 Å². The van der Waals surface area contributed by atoms with Gasteiger partial charge in [0.05, 0.1) is 11.1 Å². The van der Waals surface area contributed by atoms with Crippen LogP contribution in [0.2, 0.25) is 5.02 Å². The fourth-order valence-electron chi connectivity index (χ4n) is 2.48. The molecular weight excluding hydrogens is 279 g/mol. The highest BCUT2D eigenvalue weighted by Gasteiger charge is 2.20. The minimum absolute atomic E-state index is 0.244. The van der Waals surface area contributed by atoms with Crippen LogP contribution >= 0.6 is 11.6 Å². The second-order valence-corrected chi connectivity index (χ2v) is 5.58. The molecule has 1 saturated heterocycles. The van der Waals surface area contributed by atoms with Crippen molar-refractivity contribution in [1.29, 1.82) is 0 Å². The van der Waals surface area contributed by atoms with Gasteiger partial charge in [-0.1, -0.05) is 23.7 Å². The number of piperidine rings is 1. The van der Waals surface area contributed by atoms with Crippen LogP contribution in [-0.4, -0.2) is 37.2 Å². The molecular formula is C15H22ClFN2O. The SMILES string of the molecule is NCCCOC1CCN(Cc2cccc(F)c2Cl)CC1. The Balaban J connectivity index is 1.78. The normalized spacial score (nSPS) is 17.6. The van der Waals surface area contributed by atoms with Gasteiger partial charge < -0.3 is 10.5 Å². The van der Waals surface area contributed by atoms with Crippen molar-refractivity contribution in [3.63, 3.8) is 0 Å². The van der Waals surface area contributed by atoms with Crippen molar-refractivity contribution in [3.05, 3.63) is 34.6 Å². The zero-order valence-corrected chi connectivity index (χ0v) is 12.4. The molecule has 1 aliphatic heterocycles. The first-order valence-corrected chi connectivity index (χ1v) is 7.55. The number of nitrogens with two attached hydrogens (primary N) is 1. The highest BCUT2D eigenvalue weighted by molar-refractivity contribution is 6.31. The zero-order valence-electron chi connectivity index (χ0n) is 11.7. The Morgan fingerprint density at radius 1 is 1.35 bits per heavy atom. The Hall–Kier alpha value is -0.680. The van der Waals surface area contributed by atoms with E-state index in [1.807, 2.05) is 6.07 Å². The van der Waals surface area contributed by atoms with Crippen LogP contribution < -0.4 is 5.73 Å². The predicted octanol–water partition coefficient (Wildman–Crippen LogP) is 2.81. The average Bonchev–Trinajstić information content (AvgIpc) is 2.46. The zero-order chi connectivity index (χ0) is 14.4. The minimum Gasteiger partial charge on any atom is -0.378 e. The average molecular weight is 301 g/mol. The van der Waals surface area contributed by atoms with Crippen molar-refractivity contribution >= 4 is 11.6 Å². The summed E-state index contributed by atoms with van der Waals surface area (Å²) in [6.45, 7) is 4.04. The Morgan fingerprint density at radius 2 is 2.10 bits per heavy atom. The second-order valence-electron chi connectivity index (χ2n) is 5.20. The number of nitrogens with zero attached hydrogens (tertiary/aromatic N) is 1. The van der Waals surface area contributed by atoms with Crippen LogP contribution in [0, 0.1) is 5.82 Å². The van der Waals surface area contributed by atoms with E-state index >= 15 is 0 Å². The molecule has 1 aromatic rings. The predicted molar refractivity (Wildman–Crippen MR) is 79.3 cm³/mol. The molecule has 0 atom stereocenters. The molecule has 1 aromatic carbocycles.